The lowest BCUT2D eigenvalue weighted by Gasteiger charge is -2.13. The molecule has 172 valence electrons. The Kier molecular flexibility index (Phi) is 5.09. The topological polar surface area (TPSA) is 112 Å². The van der Waals surface area contributed by atoms with Crippen molar-refractivity contribution >= 4 is 37.8 Å². The number of aromatic nitrogens is 5. The molecule has 0 aliphatic heterocycles. The smallest absolute Gasteiger partial charge is 0.264 e. The number of sulfonamides is 1. The molecule has 1 aromatic carbocycles. The number of methoxy groups -OCH3 is 1. The molecule has 0 aliphatic carbocycles. The zero-order valence-electron chi connectivity index (χ0n) is 17.8. The van der Waals surface area contributed by atoms with Crippen LogP contribution in [0.4, 0.5) is 14.5 Å². The molecule has 1 N–H and O–H groups in total. The van der Waals surface area contributed by atoms with Gasteiger partial charge in [-0.15, -0.1) is 0 Å². The number of anilines is 1. The molecule has 0 saturated carbocycles. The maximum Gasteiger partial charge on any atom is 0.264 e. The van der Waals surface area contributed by atoms with E-state index in [0.717, 1.165) is 17.6 Å². The van der Waals surface area contributed by atoms with Crippen LogP contribution in [-0.2, 0) is 17.1 Å². The Morgan fingerprint density at radius 1 is 1.00 bits per heavy atom. The van der Waals surface area contributed by atoms with Gasteiger partial charge in [0.2, 0.25) is 5.88 Å². The second-order valence-electron chi connectivity index (χ2n) is 7.37. The summed E-state index contributed by atoms with van der Waals surface area (Å²) in [5.41, 5.74) is 3.67. The van der Waals surface area contributed by atoms with Crippen LogP contribution in [0.2, 0.25) is 0 Å². The van der Waals surface area contributed by atoms with Gasteiger partial charge < -0.3 is 9.30 Å². The molecule has 0 saturated heterocycles. The second-order valence-corrected chi connectivity index (χ2v) is 9.02. The van der Waals surface area contributed by atoms with E-state index in [0.29, 0.717) is 33.9 Å². The number of halogens is 2. The molecule has 0 atom stereocenters. The van der Waals surface area contributed by atoms with E-state index in [9.17, 15) is 17.2 Å². The molecular weight excluding hydrogens is 466 g/mol. The average Bonchev–Trinajstić information content (AvgIpc) is 3.19. The summed E-state index contributed by atoms with van der Waals surface area (Å²) in [5, 5.41) is 0. The Labute approximate surface area is 192 Å². The number of rotatable bonds is 5. The number of fused-ring (bicyclic) bond motifs is 3. The van der Waals surface area contributed by atoms with Gasteiger partial charge in [-0.25, -0.2) is 32.2 Å². The summed E-state index contributed by atoms with van der Waals surface area (Å²) in [6.07, 6.45) is 4.80. The van der Waals surface area contributed by atoms with Crippen LogP contribution >= 0.6 is 0 Å². The van der Waals surface area contributed by atoms with Crippen LogP contribution < -0.4 is 9.46 Å². The van der Waals surface area contributed by atoms with E-state index < -0.39 is 26.6 Å². The summed E-state index contributed by atoms with van der Waals surface area (Å²) in [6, 6.07) is 7.16. The number of pyridine rings is 3. The first-order valence-corrected chi connectivity index (χ1v) is 11.3. The first kappa shape index (κ1) is 21.6. The number of hydrogen-bond acceptors (Lipinski definition) is 7. The minimum absolute atomic E-state index is 0.0358. The highest BCUT2D eigenvalue weighted by atomic mass is 32.2. The maximum atomic E-state index is 14.1. The third-order valence-corrected chi connectivity index (χ3v) is 6.56. The van der Waals surface area contributed by atoms with E-state index in [4.69, 9.17) is 9.72 Å². The zero-order chi connectivity index (χ0) is 24.0. The molecule has 12 heteroatoms. The zero-order valence-corrected chi connectivity index (χ0v) is 18.6. The number of nitrogens with zero attached hydrogens (tertiary/aromatic N) is 5. The Morgan fingerprint density at radius 2 is 1.82 bits per heavy atom. The Hall–Kier alpha value is -4.19. The molecular formula is C22H16F2N6O3S. The van der Waals surface area contributed by atoms with E-state index in [1.807, 2.05) is 11.6 Å². The van der Waals surface area contributed by atoms with Gasteiger partial charge in [-0.2, -0.15) is 0 Å². The fraction of sp³-hybridized carbons (Fsp3) is 0.0909. The third kappa shape index (κ3) is 3.67. The molecule has 4 heterocycles. The Morgan fingerprint density at radius 3 is 2.59 bits per heavy atom. The fourth-order valence-electron chi connectivity index (χ4n) is 3.57. The number of ether oxygens (including phenoxy) is 1. The van der Waals surface area contributed by atoms with Gasteiger partial charge in [0, 0.05) is 24.9 Å². The first-order valence-electron chi connectivity index (χ1n) is 9.86. The summed E-state index contributed by atoms with van der Waals surface area (Å²) in [7, 11) is -1.24. The van der Waals surface area contributed by atoms with Crippen molar-refractivity contribution < 1.29 is 21.9 Å². The van der Waals surface area contributed by atoms with Gasteiger partial charge in [0.05, 0.1) is 36.4 Å². The Balaban J connectivity index is 1.60. The molecule has 0 amide bonds. The van der Waals surface area contributed by atoms with E-state index in [1.165, 1.54) is 19.4 Å². The number of imidazole rings is 1. The third-order valence-electron chi connectivity index (χ3n) is 5.16. The molecule has 5 aromatic rings. The highest BCUT2D eigenvalue weighted by molar-refractivity contribution is 7.92. The fourth-order valence-corrected chi connectivity index (χ4v) is 4.68. The van der Waals surface area contributed by atoms with Gasteiger partial charge in [0.1, 0.15) is 33.3 Å². The molecule has 4 aromatic heterocycles. The number of nitrogens with one attached hydrogen (secondary N) is 1. The summed E-state index contributed by atoms with van der Waals surface area (Å²) in [4.78, 5) is 16.8. The van der Waals surface area contributed by atoms with Crippen LogP contribution in [0.25, 0.3) is 33.3 Å². The normalized spacial score (nSPS) is 11.8. The predicted molar refractivity (Wildman–Crippen MR) is 121 cm³/mol. The van der Waals surface area contributed by atoms with Gasteiger partial charge in [-0.05, 0) is 30.3 Å². The largest absolute Gasteiger partial charge is 0.480 e. The van der Waals surface area contributed by atoms with E-state index in [2.05, 4.69) is 19.7 Å². The standard InChI is InChI=1S/C22H16F2N6O3S/c1-30-11-27-18-10-25-16-5-4-15(28-20(16)21(18)30)12-7-17(22(33-2)26-9-12)29-34(31,32)19-6-3-13(23)8-14(19)24/h3-11,29H,1-2H3. The lowest BCUT2D eigenvalue weighted by atomic mass is 10.1. The molecule has 0 spiro atoms. The first-order chi connectivity index (χ1) is 16.3. The molecule has 0 bridgehead atoms. The van der Waals surface area contributed by atoms with Crippen LogP contribution in [0, 0.1) is 11.6 Å². The minimum atomic E-state index is -4.41. The van der Waals surface area contributed by atoms with Crippen molar-refractivity contribution in [2.75, 3.05) is 11.8 Å². The number of aryl methyl sites for hydroxylation is 1. The molecule has 0 radical (unpaired) electrons. The highest BCUT2D eigenvalue weighted by Crippen LogP contribution is 2.31. The van der Waals surface area contributed by atoms with Gasteiger partial charge in [0.15, 0.2) is 0 Å². The van der Waals surface area contributed by atoms with Gasteiger partial charge in [-0.1, -0.05) is 0 Å². The molecule has 5 rings (SSSR count). The summed E-state index contributed by atoms with van der Waals surface area (Å²) in [5.74, 6) is -2.15. The van der Waals surface area contributed by atoms with Gasteiger partial charge in [-0.3, -0.25) is 9.71 Å². The van der Waals surface area contributed by atoms with Crippen LogP contribution in [0.1, 0.15) is 0 Å². The summed E-state index contributed by atoms with van der Waals surface area (Å²) >= 11 is 0. The Bertz CT molecular complexity index is 1690. The highest BCUT2D eigenvalue weighted by Gasteiger charge is 2.22. The van der Waals surface area contributed by atoms with Crippen molar-refractivity contribution in [2.45, 2.75) is 4.90 Å². The van der Waals surface area contributed by atoms with Crippen molar-refractivity contribution in [2.24, 2.45) is 7.05 Å². The maximum absolute atomic E-state index is 14.1. The lowest BCUT2D eigenvalue weighted by molar-refractivity contribution is 0.400. The summed E-state index contributed by atoms with van der Waals surface area (Å²) < 4.78 is 62.2. The lowest BCUT2D eigenvalue weighted by Crippen LogP contribution is -2.16. The monoisotopic (exact) mass is 482 g/mol. The average molecular weight is 482 g/mol. The van der Waals surface area contributed by atoms with Crippen molar-refractivity contribution in [3.8, 4) is 17.1 Å². The molecule has 0 fully saturated rings. The molecule has 34 heavy (non-hydrogen) atoms. The molecule has 0 aliphatic rings. The van der Waals surface area contributed by atoms with Gasteiger partial charge in [0.25, 0.3) is 10.0 Å². The quantitative estimate of drug-likeness (QED) is 0.407. The predicted octanol–water partition coefficient (Wildman–Crippen LogP) is 3.67. The van der Waals surface area contributed by atoms with E-state index in [-0.39, 0.29) is 11.6 Å². The van der Waals surface area contributed by atoms with E-state index >= 15 is 0 Å². The second kappa shape index (κ2) is 7.99. The van der Waals surface area contributed by atoms with Crippen molar-refractivity contribution in [3.63, 3.8) is 0 Å². The van der Waals surface area contributed by atoms with E-state index in [1.54, 1.807) is 24.7 Å². The van der Waals surface area contributed by atoms with Crippen LogP contribution in [-0.4, -0.2) is 40.0 Å². The van der Waals surface area contributed by atoms with Crippen LogP contribution in [0.5, 0.6) is 5.88 Å². The molecule has 9 nitrogen and oxygen atoms in total. The van der Waals surface area contributed by atoms with Gasteiger partial charge >= 0.3 is 0 Å². The minimum Gasteiger partial charge on any atom is -0.480 e. The SMILES string of the molecule is COc1ncc(-c2ccc3ncc4ncn(C)c4c3n2)cc1NS(=O)(=O)c1ccc(F)cc1F. The summed E-state index contributed by atoms with van der Waals surface area (Å²) in [6.45, 7) is 0. The van der Waals surface area contributed by atoms with Crippen LogP contribution in [0.15, 0.2) is 60.0 Å². The van der Waals surface area contributed by atoms with Crippen molar-refractivity contribution in [1.82, 2.24) is 24.5 Å². The number of hydrogen-bond donors (Lipinski definition) is 1. The van der Waals surface area contributed by atoms with Crippen molar-refractivity contribution in [1.29, 1.82) is 0 Å². The molecule has 0 unspecified atom stereocenters. The van der Waals surface area contributed by atoms with Crippen molar-refractivity contribution in [3.05, 3.63) is 66.8 Å². The number of benzene rings is 1. The van der Waals surface area contributed by atoms with Crippen LogP contribution in [0.3, 0.4) is 0 Å².